The normalized spacial score (nSPS) is 18.9. The summed E-state index contributed by atoms with van der Waals surface area (Å²) >= 11 is 0. The van der Waals surface area contributed by atoms with Gasteiger partial charge in [-0.25, -0.2) is 4.79 Å². The largest absolute Gasteiger partial charge is 0.489 e. The van der Waals surface area contributed by atoms with Gasteiger partial charge in [0.15, 0.2) is 0 Å². The lowest BCUT2D eigenvalue weighted by Crippen LogP contribution is -2.49. The standard InChI is InChI=1S/C28H30N2O5/c1-16(2)15-34-24-9-8-21-17(3)22(28(33)35-27(21)18(24)4)11-26(32)29-12-19-10-20(14-29)23-6-5-7-25(31)30(23)13-19/h5-9,19-20H,1,10-15H2,2-4H3/t19-,20+/m0/s1. The summed E-state index contributed by atoms with van der Waals surface area (Å²) in [4.78, 5) is 40.4. The fourth-order valence-electron chi connectivity index (χ4n) is 5.50. The third-order valence-corrected chi connectivity index (χ3v) is 7.29. The highest BCUT2D eigenvalue weighted by molar-refractivity contribution is 5.87. The number of fused-ring (bicyclic) bond motifs is 5. The topological polar surface area (TPSA) is 81.8 Å². The Labute approximate surface area is 203 Å². The number of aryl methyl sites for hydroxylation is 2. The predicted octanol–water partition coefficient (Wildman–Crippen LogP) is 3.71. The van der Waals surface area contributed by atoms with Gasteiger partial charge in [-0.2, -0.15) is 0 Å². The summed E-state index contributed by atoms with van der Waals surface area (Å²) in [6.45, 7) is 11.6. The predicted molar refractivity (Wildman–Crippen MR) is 134 cm³/mol. The zero-order valence-electron chi connectivity index (χ0n) is 20.4. The maximum Gasteiger partial charge on any atom is 0.340 e. The summed E-state index contributed by atoms with van der Waals surface area (Å²) in [6.07, 6.45) is 0.970. The maximum absolute atomic E-state index is 13.3. The van der Waals surface area contributed by atoms with E-state index in [-0.39, 0.29) is 29.7 Å². The van der Waals surface area contributed by atoms with Crippen LogP contribution >= 0.6 is 0 Å². The second kappa shape index (κ2) is 8.87. The van der Waals surface area contributed by atoms with Crippen LogP contribution in [-0.4, -0.2) is 35.1 Å². The van der Waals surface area contributed by atoms with Crippen molar-refractivity contribution in [1.29, 1.82) is 0 Å². The molecule has 5 rings (SSSR count). The molecule has 1 amide bonds. The molecule has 0 aliphatic carbocycles. The van der Waals surface area contributed by atoms with E-state index in [4.69, 9.17) is 9.15 Å². The number of aromatic nitrogens is 1. The van der Waals surface area contributed by atoms with Crippen LogP contribution in [0, 0.1) is 19.8 Å². The number of carbonyl (C=O) groups is 1. The van der Waals surface area contributed by atoms with Crippen LogP contribution in [-0.2, 0) is 17.8 Å². The highest BCUT2D eigenvalue weighted by Gasteiger charge is 2.36. The number of hydrogen-bond donors (Lipinski definition) is 0. The molecule has 0 N–H and O–H groups in total. The van der Waals surface area contributed by atoms with E-state index in [0.29, 0.717) is 43.1 Å². The van der Waals surface area contributed by atoms with Crippen molar-refractivity contribution in [3.8, 4) is 5.75 Å². The van der Waals surface area contributed by atoms with Crippen molar-refractivity contribution in [3.05, 3.63) is 85.6 Å². The van der Waals surface area contributed by atoms with E-state index in [9.17, 15) is 14.4 Å². The van der Waals surface area contributed by atoms with Crippen LogP contribution in [0.3, 0.4) is 0 Å². The number of ether oxygens (including phenoxy) is 1. The minimum atomic E-state index is -0.488. The molecule has 182 valence electrons. The number of pyridine rings is 1. The van der Waals surface area contributed by atoms with Crippen molar-refractivity contribution in [2.24, 2.45) is 5.92 Å². The number of likely N-dealkylation sites (tertiary alicyclic amines) is 1. The molecule has 4 heterocycles. The smallest absolute Gasteiger partial charge is 0.340 e. The molecule has 7 heteroatoms. The van der Waals surface area contributed by atoms with Gasteiger partial charge in [-0.1, -0.05) is 12.6 Å². The molecule has 0 spiro atoms. The zero-order valence-corrected chi connectivity index (χ0v) is 20.4. The number of rotatable bonds is 5. The molecule has 1 fully saturated rings. The lowest BCUT2D eigenvalue weighted by atomic mass is 9.83. The van der Waals surface area contributed by atoms with Gasteiger partial charge in [-0.3, -0.25) is 9.59 Å². The van der Waals surface area contributed by atoms with Crippen molar-refractivity contribution in [2.75, 3.05) is 19.7 Å². The minimum Gasteiger partial charge on any atom is -0.489 e. The van der Waals surface area contributed by atoms with Crippen molar-refractivity contribution >= 4 is 16.9 Å². The maximum atomic E-state index is 13.3. The van der Waals surface area contributed by atoms with E-state index in [1.165, 1.54) is 0 Å². The van der Waals surface area contributed by atoms with E-state index in [1.54, 1.807) is 12.1 Å². The summed E-state index contributed by atoms with van der Waals surface area (Å²) in [7, 11) is 0. The summed E-state index contributed by atoms with van der Waals surface area (Å²) in [5.74, 6) is 0.930. The molecule has 2 bridgehead atoms. The van der Waals surface area contributed by atoms with Gasteiger partial charge >= 0.3 is 5.63 Å². The Balaban J connectivity index is 1.40. The summed E-state index contributed by atoms with van der Waals surface area (Å²) in [6, 6.07) is 9.10. The Hall–Kier alpha value is -3.61. The number of nitrogens with zero attached hydrogens (tertiary/aromatic N) is 2. The van der Waals surface area contributed by atoms with Gasteiger partial charge in [0.25, 0.3) is 5.56 Å². The van der Waals surface area contributed by atoms with E-state index >= 15 is 0 Å². The zero-order chi connectivity index (χ0) is 24.9. The third kappa shape index (κ3) is 4.20. The van der Waals surface area contributed by atoms with Crippen LogP contribution in [0.2, 0.25) is 0 Å². The first-order valence-electron chi connectivity index (χ1n) is 12.0. The van der Waals surface area contributed by atoms with E-state index in [0.717, 1.165) is 34.2 Å². The Bertz CT molecular complexity index is 1460. The fourth-order valence-corrected chi connectivity index (χ4v) is 5.50. The quantitative estimate of drug-likeness (QED) is 0.416. The average Bonchev–Trinajstić information content (AvgIpc) is 2.82. The molecular weight excluding hydrogens is 444 g/mol. The van der Waals surface area contributed by atoms with E-state index in [2.05, 4.69) is 6.58 Å². The Morgan fingerprint density at radius 2 is 1.91 bits per heavy atom. The van der Waals surface area contributed by atoms with Gasteiger partial charge in [0, 0.05) is 48.3 Å². The summed E-state index contributed by atoms with van der Waals surface area (Å²) in [5.41, 5.74) is 3.80. The van der Waals surface area contributed by atoms with Crippen LogP contribution in [0.15, 0.2) is 56.5 Å². The molecule has 2 atom stereocenters. The number of amides is 1. The van der Waals surface area contributed by atoms with Gasteiger partial charge in [0.2, 0.25) is 5.91 Å². The van der Waals surface area contributed by atoms with Gasteiger partial charge in [-0.15, -0.1) is 0 Å². The van der Waals surface area contributed by atoms with Gasteiger partial charge in [0.1, 0.15) is 17.9 Å². The molecule has 0 saturated carbocycles. The summed E-state index contributed by atoms with van der Waals surface area (Å²) < 4.78 is 13.3. The highest BCUT2D eigenvalue weighted by atomic mass is 16.5. The number of hydrogen-bond acceptors (Lipinski definition) is 5. The molecule has 2 aliphatic heterocycles. The van der Waals surface area contributed by atoms with Crippen molar-refractivity contribution in [1.82, 2.24) is 9.47 Å². The van der Waals surface area contributed by atoms with Gasteiger partial charge in [0.05, 0.1) is 12.0 Å². The SMILES string of the molecule is C=C(C)COc1ccc2c(C)c(CC(=O)N3C[C@@H]4C[C@H](C3)c3cccc(=O)n3C4)c(=O)oc2c1C. The molecule has 2 aliphatic rings. The number of carbonyl (C=O) groups excluding carboxylic acids is 1. The second-order valence-electron chi connectivity index (χ2n) is 9.98. The molecule has 7 nitrogen and oxygen atoms in total. The van der Waals surface area contributed by atoms with Crippen molar-refractivity contribution < 1.29 is 13.9 Å². The first-order valence-corrected chi connectivity index (χ1v) is 12.0. The number of piperidine rings is 1. The Morgan fingerprint density at radius 1 is 1.11 bits per heavy atom. The van der Waals surface area contributed by atoms with E-state index < -0.39 is 5.63 Å². The van der Waals surface area contributed by atoms with E-state index in [1.807, 2.05) is 48.4 Å². The fraction of sp³-hybridized carbons (Fsp3) is 0.393. The van der Waals surface area contributed by atoms with Crippen LogP contribution in [0.25, 0.3) is 11.0 Å². The molecule has 0 unspecified atom stereocenters. The lowest BCUT2D eigenvalue weighted by Gasteiger charge is -2.42. The molecule has 0 radical (unpaired) electrons. The Morgan fingerprint density at radius 3 is 2.69 bits per heavy atom. The molecule has 1 aromatic carbocycles. The lowest BCUT2D eigenvalue weighted by molar-refractivity contribution is -0.133. The molecule has 1 saturated heterocycles. The van der Waals surface area contributed by atoms with Crippen LogP contribution in [0.5, 0.6) is 5.75 Å². The van der Waals surface area contributed by atoms with Crippen LogP contribution < -0.4 is 15.9 Å². The van der Waals surface area contributed by atoms with Crippen molar-refractivity contribution in [2.45, 2.75) is 46.1 Å². The van der Waals surface area contributed by atoms with Gasteiger partial charge < -0.3 is 18.6 Å². The van der Waals surface area contributed by atoms with Gasteiger partial charge in [-0.05, 0) is 62.4 Å². The molecule has 3 aromatic rings. The molecule has 2 aromatic heterocycles. The third-order valence-electron chi connectivity index (χ3n) is 7.29. The monoisotopic (exact) mass is 474 g/mol. The first kappa shape index (κ1) is 23.1. The molecule has 35 heavy (non-hydrogen) atoms. The molecular formula is C28H30N2O5. The van der Waals surface area contributed by atoms with Crippen LogP contribution in [0.4, 0.5) is 0 Å². The minimum absolute atomic E-state index is 0.00189. The second-order valence-corrected chi connectivity index (χ2v) is 9.98. The highest BCUT2D eigenvalue weighted by Crippen LogP contribution is 2.35. The average molecular weight is 475 g/mol. The van der Waals surface area contributed by atoms with Crippen molar-refractivity contribution in [3.63, 3.8) is 0 Å². The Kier molecular flexibility index (Phi) is 5.87. The number of benzene rings is 1. The summed E-state index contributed by atoms with van der Waals surface area (Å²) in [5, 5.41) is 0.802. The van der Waals surface area contributed by atoms with Crippen LogP contribution in [0.1, 0.15) is 41.6 Å². The first-order chi connectivity index (χ1) is 16.7.